The van der Waals surface area contributed by atoms with Crippen LogP contribution < -0.4 is 0 Å². The molecule has 22 heavy (non-hydrogen) atoms. The molecule has 2 heterocycles. The Balaban J connectivity index is 2.21. The molecule has 0 radical (unpaired) electrons. The summed E-state index contributed by atoms with van der Waals surface area (Å²) in [6.45, 7) is 5.81. The van der Waals surface area contributed by atoms with E-state index in [2.05, 4.69) is 9.97 Å². The van der Waals surface area contributed by atoms with Gasteiger partial charge in [-0.25, -0.2) is 0 Å². The first kappa shape index (κ1) is 13.2. The van der Waals surface area contributed by atoms with Crippen molar-refractivity contribution < 1.29 is 1.37 Å². The van der Waals surface area contributed by atoms with E-state index in [0.717, 1.165) is 33.6 Å². The molecule has 0 N–H and O–H groups in total. The number of benzene rings is 1. The lowest BCUT2D eigenvalue weighted by molar-refractivity contribution is 0.865. The second-order valence-electron chi connectivity index (χ2n) is 5.62. The summed E-state index contributed by atoms with van der Waals surface area (Å²) in [7, 11) is 0. The van der Waals surface area contributed by atoms with Crippen LogP contribution in [-0.2, 0) is 0 Å². The Morgan fingerprint density at radius 2 is 1.73 bits per heavy atom. The van der Waals surface area contributed by atoms with Gasteiger partial charge in [0.1, 0.15) is 0 Å². The molecule has 0 spiro atoms. The monoisotopic (exact) mass is 289 g/mol. The summed E-state index contributed by atoms with van der Waals surface area (Å²) in [5.74, 6) is -0.718. The third-order valence-electron chi connectivity index (χ3n) is 3.81. The molecule has 0 aliphatic carbocycles. The Hall–Kier alpha value is -2.48. The van der Waals surface area contributed by atoms with Gasteiger partial charge in [-0.3, -0.25) is 9.97 Å². The van der Waals surface area contributed by atoms with Gasteiger partial charge in [0.25, 0.3) is 0 Å². The molecule has 0 bridgehead atoms. The van der Waals surface area contributed by atoms with E-state index in [1.807, 2.05) is 75.5 Å². The highest BCUT2D eigenvalue weighted by molar-refractivity contribution is 5.72. The highest BCUT2D eigenvalue weighted by Gasteiger charge is 2.13. The molecule has 0 atom stereocenters. The summed E-state index contributed by atoms with van der Waals surface area (Å²) in [6, 6.07) is 16.1. The zero-order valence-corrected chi connectivity index (χ0v) is 13.2. The number of rotatable bonds is 3. The molecule has 0 aliphatic heterocycles. The molecular formula is C20H20N2. The molecule has 2 heteroatoms. The van der Waals surface area contributed by atoms with Crippen molar-refractivity contribution in [2.24, 2.45) is 0 Å². The van der Waals surface area contributed by atoms with Crippen LogP contribution in [0.2, 0.25) is 0 Å². The van der Waals surface area contributed by atoms with Gasteiger partial charge in [0.2, 0.25) is 0 Å². The average Bonchev–Trinajstić information content (AvgIpc) is 2.55. The summed E-state index contributed by atoms with van der Waals surface area (Å²) in [5, 5.41) is 0. The average molecular weight is 289 g/mol. The fourth-order valence-electron chi connectivity index (χ4n) is 2.62. The number of pyridine rings is 2. The van der Waals surface area contributed by atoms with Crippen LogP contribution in [0.5, 0.6) is 0 Å². The largest absolute Gasteiger partial charge is 0.261 e. The molecule has 3 aromatic rings. The van der Waals surface area contributed by atoms with Crippen LogP contribution >= 0.6 is 0 Å². The highest BCUT2D eigenvalue weighted by atomic mass is 14.7. The maximum absolute atomic E-state index is 8.54. The quantitative estimate of drug-likeness (QED) is 0.658. The van der Waals surface area contributed by atoms with E-state index in [-0.39, 0.29) is 0 Å². The number of aromatic nitrogens is 2. The number of aryl methyl sites for hydroxylation is 1. The minimum Gasteiger partial charge on any atom is -0.261 e. The third kappa shape index (κ3) is 2.77. The van der Waals surface area contributed by atoms with Crippen LogP contribution in [0.4, 0.5) is 0 Å². The van der Waals surface area contributed by atoms with Gasteiger partial charge in [0.15, 0.2) is 0 Å². The van der Waals surface area contributed by atoms with Crippen LogP contribution in [0.3, 0.4) is 0 Å². The van der Waals surface area contributed by atoms with Crippen molar-refractivity contribution in [3.63, 3.8) is 0 Å². The normalized spacial score (nSPS) is 12.0. The number of hydrogen-bond acceptors (Lipinski definition) is 2. The molecule has 0 unspecified atom stereocenters. The van der Waals surface area contributed by atoms with Gasteiger partial charge in [0.05, 0.1) is 5.69 Å². The van der Waals surface area contributed by atoms with Crippen LogP contribution in [0.1, 0.15) is 32.4 Å². The predicted octanol–water partition coefficient (Wildman–Crippen LogP) is 5.24. The molecule has 1 aromatic carbocycles. The molecular weight excluding hydrogens is 268 g/mol. The summed E-state index contributed by atoms with van der Waals surface area (Å²) in [6.07, 6.45) is 3.66. The van der Waals surface area contributed by atoms with Crippen LogP contribution in [0.15, 0.2) is 60.9 Å². The van der Waals surface area contributed by atoms with E-state index < -0.39 is 5.89 Å². The summed E-state index contributed by atoms with van der Waals surface area (Å²) in [4.78, 5) is 9.00. The van der Waals surface area contributed by atoms with Gasteiger partial charge in [-0.05, 0) is 30.5 Å². The number of nitrogens with zero attached hydrogens (tertiary/aromatic N) is 2. The lowest BCUT2D eigenvalue weighted by Crippen LogP contribution is -1.98. The summed E-state index contributed by atoms with van der Waals surface area (Å²) < 4.78 is 8.54. The smallest absolute Gasteiger partial charge is 0.0705 e. The SMILES string of the molecule is [2H]C(C)(C)c1cc(-c2ccccc2)ncc1-c1cccnc1C. The zero-order valence-electron chi connectivity index (χ0n) is 14.2. The molecule has 3 rings (SSSR count). The van der Waals surface area contributed by atoms with Crippen LogP contribution in [0.25, 0.3) is 22.4 Å². The lowest BCUT2D eigenvalue weighted by Gasteiger charge is -2.15. The first-order valence-electron chi connectivity index (χ1n) is 7.95. The number of hydrogen-bond donors (Lipinski definition) is 0. The van der Waals surface area contributed by atoms with Gasteiger partial charge < -0.3 is 0 Å². The van der Waals surface area contributed by atoms with Crippen molar-refractivity contribution in [2.45, 2.75) is 26.7 Å². The van der Waals surface area contributed by atoms with Gasteiger partial charge in [0, 0.05) is 36.1 Å². The third-order valence-corrected chi connectivity index (χ3v) is 3.81. The molecule has 0 saturated heterocycles. The van der Waals surface area contributed by atoms with E-state index in [9.17, 15) is 0 Å². The molecule has 2 aromatic heterocycles. The molecule has 2 nitrogen and oxygen atoms in total. The first-order chi connectivity index (χ1) is 11.0. The van der Waals surface area contributed by atoms with Gasteiger partial charge in [-0.15, -0.1) is 0 Å². The zero-order chi connectivity index (χ0) is 16.4. The Labute approximate surface area is 133 Å². The van der Waals surface area contributed by atoms with Crippen molar-refractivity contribution >= 4 is 0 Å². The van der Waals surface area contributed by atoms with Crippen LogP contribution in [0, 0.1) is 6.92 Å². The van der Waals surface area contributed by atoms with Crippen molar-refractivity contribution in [2.75, 3.05) is 0 Å². The van der Waals surface area contributed by atoms with Gasteiger partial charge >= 0.3 is 0 Å². The minimum absolute atomic E-state index is 0.718. The minimum atomic E-state index is -0.718. The lowest BCUT2D eigenvalue weighted by atomic mass is 9.92. The predicted molar refractivity (Wildman–Crippen MR) is 91.7 cm³/mol. The van der Waals surface area contributed by atoms with E-state index >= 15 is 0 Å². The Bertz CT molecular complexity index is 821. The fourth-order valence-corrected chi connectivity index (χ4v) is 2.62. The molecule has 110 valence electrons. The molecule has 0 saturated carbocycles. The van der Waals surface area contributed by atoms with Gasteiger partial charge in [-0.2, -0.15) is 0 Å². The van der Waals surface area contributed by atoms with Crippen LogP contribution in [-0.4, -0.2) is 9.97 Å². The topological polar surface area (TPSA) is 25.8 Å². The van der Waals surface area contributed by atoms with E-state index in [4.69, 9.17) is 1.37 Å². The standard InChI is InChI=1S/C20H20N2/c1-14(2)18-12-20(16-8-5-4-6-9-16)22-13-19(18)17-10-7-11-21-15(17)3/h4-14H,1-3H3/i14D. The summed E-state index contributed by atoms with van der Waals surface area (Å²) in [5.41, 5.74) is 5.89. The van der Waals surface area contributed by atoms with Crippen molar-refractivity contribution in [3.8, 4) is 22.4 Å². The Morgan fingerprint density at radius 1 is 0.955 bits per heavy atom. The Morgan fingerprint density at radius 3 is 2.41 bits per heavy atom. The maximum atomic E-state index is 8.54. The van der Waals surface area contributed by atoms with E-state index in [1.165, 1.54) is 0 Å². The first-order valence-corrected chi connectivity index (χ1v) is 7.45. The second-order valence-corrected chi connectivity index (χ2v) is 5.62. The Kier molecular flexibility index (Phi) is 3.66. The fraction of sp³-hybridized carbons (Fsp3) is 0.200. The molecule has 0 aliphatic rings. The van der Waals surface area contributed by atoms with E-state index in [0.29, 0.717) is 0 Å². The van der Waals surface area contributed by atoms with Crippen molar-refractivity contribution in [1.82, 2.24) is 9.97 Å². The van der Waals surface area contributed by atoms with Crippen molar-refractivity contribution in [1.29, 1.82) is 0 Å². The maximum Gasteiger partial charge on any atom is 0.0705 e. The molecule has 0 fully saturated rings. The van der Waals surface area contributed by atoms with E-state index in [1.54, 1.807) is 6.20 Å². The summed E-state index contributed by atoms with van der Waals surface area (Å²) >= 11 is 0. The van der Waals surface area contributed by atoms with Gasteiger partial charge in [-0.1, -0.05) is 50.2 Å². The van der Waals surface area contributed by atoms with Crippen molar-refractivity contribution in [3.05, 3.63) is 72.2 Å². The highest BCUT2D eigenvalue weighted by Crippen LogP contribution is 2.32. The molecule has 0 amide bonds. The second kappa shape index (κ2) is 6.10.